The molecular weight excluding hydrogens is 260 g/mol. The first-order valence-electron chi connectivity index (χ1n) is 8.34. The van der Waals surface area contributed by atoms with Gasteiger partial charge in [0.2, 0.25) is 0 Å². The minimum atomic E-state index is -1.41. The van der Waals surface area contributed by atoms with Crippen molar-refractivity contribution < 1.29 is 0 Å². The van der Waals surface area contributed by atoms with E-state index >= 15 is 0 Å². The molecule has 0 radical (unpaired) electrons. The van der Waals surface area contributed by atoms with Crippen LogP contribution >= 0.6 is 0 Å². The molecule has 20 heavy (non-hydrogen) atoms. The molecule has 0 unspecified atom stereocenters. The van der Waals surface area contributed by atoms with Gasteiger partial charge in [-0.05, 0) is 23.5 Å². The van der Waals surface area contributed by atoms with Gasteiger partial charge in [0.1, 0.15) is 8.24 Å². The van der Waals surface area contributed by atoms with Gasteiger partial charge in [-0.15, -0.1) is 0 Å². The highest BCUT2D eigenvalue weighted by Gasteiger charge is 2.48. The summed E-state index contributed by atoms with van der Waals surface area (Å²) < 4.78 is 2.92. The van der Waals surface area contributed by atoms with Crippen molar-refractivity contribution in [3.05, 3.63) is 12.2 Å². The predicted molar refractivity (Wildman–Crippen MR) is 93.9 cm³/mol. The number of hydrogen-bond acceptors (Lipinski definition) is 2. The summed E-state index contributed by atoms with van der Waals surface area (Å²) in [6.45, 7) is 27.0. The van der Waals surface area contributed by atoms with Crippen LogP contribution in [0.25, 0.3) is 0 Å². The van der Waals surface area contributed by atoms with Crippen molar-refractivity contribution in [1.29, 1.82) is 0 Å². The molecule has 0 amide bonds. The van der Waals surface area contributed by atoms with Crippen molar-refractivity contribution in [2.45, 2.75) is 65.1 Å². The average molecular weight is 297 g/mol. The van der Waals surface area contributed by atoms with E-state index in [0.717, 1.165) is 23.2 Å². The lowest BCUT2D eigenvalue weighted by molar-refractivity contribution is 0.189. The molecule has 0 spiro atoms. The van der Waals surface area contributed by atoms with Crippen molar-refractivity contribution in [2.24, 2.45) is 0 Å². The van der Waals surface area contributed by atoms with Gasteiger partial charge in [-0.1, -0.05) is 53.7 Å². The zero-order chi connectivity index (χ0) is 15.5. The zero-order valence-corrected chi connectivity index (χ0v) is 15.9. The third-order valence-electron chi connectivity index (χ3n) is 5.19. The second-order valence-electron chi connectivity index (χ2n) is 7.57. The van der Waals surface area contributed by atoms with Crippen molar-refractivity contribution in [3.63, 3.8) is 0 Å². The molecule has 1 aliphatic rings. The Morgan fingerprint density at radius 1 is 0.900 bits per heavy atom. The molecule has 1 rings (SSSR count). The number of rotatable bonds is 6. The summed E-state index contributed by atoms with van der Waals surface area (Å²) in [7, 11) is -1.41. The van der Waals surface area contributed by atoms with E-state index in [0.29, 0.717) is 0 Å². The zero-order valence-electron chi connectivity index (χ0n) is 14.9. The first kappa shape index (κ1) is 17.9. The third-order valence-corrected chi connectivity index (χ3v) is 12.3. The highest BCUT2D eigenvalue weighted by atomic mass is 28.3. The second-order valence-corrected chi connectivity index (χ2v) is 13.4. The first-order chi connectivity index (χ1) is 9.22. The Hall–Kier alpha value is -0.123. The van der Waals surface area contributed by atoms with Crippen molar-refractivity contribution in [2.75, 3.05) is 32.7 Å². The number of nitrogens with zero attached hydrogens (tertiary/aromatic N) is 2. The molecule has 0 bridgehead atoms. The van der Waals surface area contributed by atoms with Crippen molar-refractivity contribution in [1.82, 2.24) is 9.47 Å². The molecule has 0 aliphatic carbocycles. The van der Waals surface area contributed by atoms with Crippen LogP contribution < -0.4 is 0 Å². The van der Waals surface area contributed by atoms with Gasteiger partial charge in [-0.2, -0.15) is 0 Å². The maximum Gasteiger partial charge on any atom is 0.136 e. The molecule has 3 heteroatoms. The Morgan fingerprint density at radius 2 is 1.30 bits per heavy atom. The maximum absolute atomic E-state index is 4.06. The summed E-state index contributed by atoms with van der Waals surface area (Å²) in [6.07, 6.45) is 0. The van der Waals surface area contributed by atoms with E-state index in [2.05, 4.69) is 64.5 Å². The summed E-state index contributed by atoms with van der Waals surface area (Å²) in [5.74, 6) is 0. The summed E-state index contributed by atoms with van der Waals surface area (Å²) in [4.78, 5) is 2.57. The summed E-state index contributed by atoms with van der Waals surface area (Å²) in [6, 6.07) is 0. The Labute approximate surface area is 128 Å². The monoisotopic (exact) mass is 296 g/mol. The smallest absolute Gasteiger partial charge is 0.136 e. The SMILES string of the molecule is C=C(C)CN1CCN([Si](C(C)C)(C(C)C)C(C)C)CC1. The van der Waals surface area contributed by atoms with Gasteiger partial charge in [0.25, 0.3) is 0 Å². The number of hydrogen-bond donors (Lipinski definition) is 0. The summed E-state index contributed by atoms with van der Waals surface area (Å²) >= 11 is 0. The lowest BCUT2D eigenvalue weighted by Gasteiger charge is -2.53. The molecule has 1 fully saturated rings. The van der Waals surface area contributed by atoms with Gasteiger partial charge in [0.05, 0.1) is 0 Å². The van der Waals surface area contributed by atoms with Crippen LogP contribution in [0.2, 0.25) is 16.6 Å². The molecule has 1 aliphatic heterocycles. The fourth-order valence-electron chi connectivity index (χ4n) is 4.77. The number of piperazine rings is 1. The minimum Gasteiger partial charge on any atom is -0.320 e. The molecule has 2 nitrogen and oxygen atoms in total. The van der Waals surface area contributed by atoms with Gasteiger partial charge >= 0.3 is 0 Å². The topological polar surface area (TPSA) is 6.48 Å². The van der Waals surface area contributed by atoms with E-state index in [9.17, 15) is 0 Å². The Morgan fingerprint density at radius 3 is 1.60 bits per heavy atom. The van der Waals surface area contributed by atoms with E-state index in [4.69, 9.17) is 0 Å². The first-order valence-corrected chi connectivity index (χ1v) is 10.5. The summed E-state index contributed by atoms with van der Waals surface area (Å²) in [5.41, 5.74) is 3.78. The van der Waals surface area contributed by atoms with Crippen LogP contribution in [0.1, 0.15) is 48.5 Å². The maximum atomic E-state index is 4.06. The van der Waals surface area contributed by atoms with Gasteiger partial charge in [-0.3, -0.25) is 4.90 Å². The molecule has 0 aromatic rings. The Balaban J connectivity index is 2.83. The molecule has 118 valence electrons. The largest absolute Gasteiger partial charge is 0.320 e. The highest BCUT2D eigenvalue weighted by molar-refractivity contribution is 6.81. The molecule has 0 aromatic carbocycles. The van der Waals surface area contributed by atoms with E-state index in [1.54, 1.807) is 0 Å². The van der Waals surface area contributed by atoms with Crippen LogP contribution in [-0.4, -0.2) is 50.4 Å². The van der Waals surface area contributed by atoms with E-state index in [-0.39, 0.29) is 0 Å². The highest BCUT2D eigenvalue weighted by Crippen LogP contribution is 2.44. The molecule has 0 aromatic heterocycles. The van der Waals surface area contributed by atoms with Crippen LogP contribution in [0.4, 0.5) is 0 Å². The normalized spacial score (nSPS) is 19.3. The van der Waals surface area contributed by atoms with Crippen LogP contribution in [0.15, 0.2) is 12.2 Å². The van der Waals surface area contributed by atoms with Crippen molar-refractivity contribution in [3.8, 4) is 0 Å². The Bertz CT molecular complexity index is 293. The molecule has 1 heterocycles. The van der Waals surface area contributed by atoms with Crippen LogP contribution in [0, 0.1) is 0 Å². The molecule has 0 N–H and O–H groups in total. The van der Waals surface area contributed by atoms with Gasteiger partial charge in [-0.25, -0.2) is 0 Å². The molecule has 1 saturated heterocycles. The fraction of sp³-hybridized carbons (Fsp3) is 0.882. The standard InChI is InChI=1S/C17H36N2Si/c1-14(2)13-18-9-11-19(12-10-18)20(15(3)4,16(5)6)17(7)8/h15-17H,1,9-13H2,2-8H3. The predicted octanol–water partition coefficient (Wildman–Crippen LogP) is 4.36. The third kappa shape index (κ3) is 3.55. The molecule has 0 atom stereocenters. The van der Waals surface area contributed by atoms with Gasteiger partial charge < -0.3 is 4.57 Å². The lowest BCUT2D eigenvalue weighted by Crippen LogP contribution is -2.65. The van der Waals surface area contributed by atoms with Crippen molar-refractivity contribution >= 4 is 8.24 Å². The lowest BCUT2D eigenvalue weighted by atomic mass is 10.3. The molecule has 0 saturated carbocycles. The minimum absolute atomic E-state index is 0.829. The van der Waals surface area contributed by atoms with E-state index < -0.39 is 8.24 Å². The summed E-state index contributed by atoms with van der Waals surface area (Å²) in [5, 5.41) is 0. The van der Waals surface area contributed by atoms with Crippen LogP contribution in [0.5, 0.6) is 0 Å². The van der Waals surface area contributed by atoms with E-state index in [1.807, 2.05) is 0 Å². The van der Waals surface area contributed by atoms with Crippen LogP contribution in [-0.2, 0) is 0 Å². The average Bonchev–Trinajstić information content (AvgIpc) is 2.29. The fourth-order valence-corrected chi connectivity index (χ4v) is 11.9. The van der Waals surface area contributed by atoms with Gasteiger partial charge in [0.15, 0.2) is 0 Å². The second kappa shape index (κ2) is 7.23. The van der Waals surface area contributed by atoms with Crippen LogP contribution in [0.3, 0.4) is 0 Å². The molecular formula is C17H36N2Si. The van der Waals surface area contributed by atoms with E-state index in [1.165, 1.54) is 31.8 Å². The quantitative estimate of drug-likeness (QED) is 0.531. The van der Waals surface area contributed by atoms with Gasteiger partial charge in [0, 0.05) is 32.7 Å². The Kier molecular flexibility index (Phi) is 6.48.